The molecule has 44 heavy (non-hydrogen) atoms. The third-order valence-corrected chi connectivity index (χ3v) is 8.30. The van der Waals surface area contributed by atoms with Gasteiger partial charge in [0, 0.05) is 63.4 Å². The second-order valence-electron chi connectivity index (χ2n) is 12.7. The van der Waals surface area contributed by atoms with Crippen molar-refractivity contribution < 1.29 is 4.79 Å². The van der Waals surface area contributed by atoms with Gasteiger partial charge in [0.15, 0.2) is 5.84 Å². The number of aromatic nitrogens is 2. The number of aliphatic imine (C=N–C) groups is 1. The van der Waals surface area contributed by atoms with Crippen molar-refractivity contribution in [2.24, 2.45) is 10.7 Å². The van der Waals surface area contributed by atoms with Crippen molar-refractivity contribution in [2.75, 3.05) is 56.5 Å². The Hall–Kier alpha value is -4.44. The molecule has 10 heteroatoms. The molecule has 1 atom stereocenters. The molecule has 2 aliphatic rings. The predicted molar refractivity (Wildman–Crippen MR) is 179 cm³/mol. The Morgan fingerprint density at radius 3 is 2.45 bits per heavy atom. The van der Waals surface area contributed by atoms with Crippen molar-refractivity contribution in [3.63, 3.8) is 0 Å². The summed E-state index contributed by atoms with van der Waals surface area (Å²) in [5, 5.41) is 6.56. The first kappa shape index (κ1) is 31.0. The molecule has 0 aliphatic carbocycles. The lowest BCUT2D eigenvalue weighted by molar-refractivity contribution is 0.0909. The van der Waals surface area contributed by atoms with Crippen LogP contribution in [-0.4, -0.2) is 83.9 Å². The second kappa shape index (κ2) is 13.5. The van der Waals surface area contributed by atoms with E-state index >= 15 is 0 Å². The molecule has 0 unspecified atom stereocenters. The molecule has 5 rings (SSSR count). The third kappa shape index (κ3) is 7.74. The summed E-state index contributed by atoms with van der Waals surface area (Å²) in [4.78, 5) is 33.4. The number of rotatable bonds is 8. The lowest BCUT2D eigenvalue weighted by atomic mass is 9.88. The topological polar surface area (TPSA) is 115 Å². The molecule has 3 aromatic rings. The van der Waals surface area contributed by atoms with Crippen molar-refractivity contribution in [2.45, 2.75) is 45.1 Å². The monoisotopic (exact) mass is 595 g/mol. The smallest absolute Gasteiger partial charge is 0.270 e. The summed E-state index contributed by atoms with van der Waals surface area (Å²) >= 11 is 0. The van der Waals surface area contributed by atoms with E-state index in [1.165, 1.54) is 5.69 Å². The van der Waals surface area contributed by atoms with E-state index in [9.17, 15) is 4.79 Å². The molecule has 4 heterocycles. The van der Waals surface area contributed by atoms with Crippen LogP contribution in [0, 0.1) is 0 Å². The van der Waals surface area contributed by atoms with E-state index in [2.05, 4.69) is 86.8 Å². The maximum Gasteiger partial charge on any atom is 0.270 e. The minimum absolute atomic E-state index is 0.0138. The van der Waals surface area contributed by atoms with Crippen molar-refractivity contribution in [3.8, 4) is 0 Å². The van der Waals surface area contributed by atoms with Crippen LogP contribution in [-0.2, 0) is 5.41 Å². The molecule has 0 radical (unpaired) electrons. The summed E-state index contributed by atoms with van der Waals surface area (Å²) in [5.41, 5.74) is 11.2. The molecule has 0 spiro atoms. The maximum absolute atomic E-state index is 13.0. The number of likely N-dealkylation sites (N-methyl/N-ethyl adjacent to an activating group) is 1. The number of carbonyl (C=O) groups is 1. The number of pyridine rings is 2. The van der Waals surface area contributed by atoms with Gasteiger partial charge >= 0.3 is 0 Å². The van der Waals surface area contributed by atoms with E-state index in [1.54, 1.807) is 18.5 Å². The Balaban J connectivity index is 1.20. The van der Waals surface area contributed by atoms with Crippen LogP contribution in [0.15, 0.2) is 78.3 Å². The SMILES string of the molecule is C=C(Nc1cccnc1C(N)=Nc1ccc(N2CCN(C)CC2)cc1)N1CCC[C@@H](NC(=O)c2ccc(C(C)(C)C)cn2)C1. The number of nitrogens with zero attached hydrogens (tertiary/aromatic N) is 6. The number of nitrogens with two attached hydrogens (primary N) is 1. The molecule has 1 amide bonds. The molecule has 2 fully saturated rings. The molecular weight excluding hydrogens is 550 g/mol. The molecule has 0 bridgehead atoms. The summed E-state index contributed by atoms with van der Waals surface area (Å²) in [6.07, 6.45) is 5.31. The standard InChI is InChI=1S/C34H45N9O/c1-24(43-17-7-8-27(23-43)40-33(44)30-15-10-25(22-37-30)34(2,3)4)38-29-9-6-16-36-31(29)32(35)39-26-11-13-28(14-12-26)42-20-18-41(5)19-21-42/h6,9-16,22,27,38H,1,7-8,17-21,23H2,2-5H3,(H2,35,39)(H,40,44)/t27-/m1/s1. The Kier molecular flexibility index (Phi) is 9.49. The van der Waals surface area contributed by atoms with Gasteiger partial charge < -0.3 is 31.1 Å². The Bertz CT molecular complexity index is 1470. The normalized spacial score (nSPS) is 18.2. The van der Waals surface area contributed by atoms with Crippen LogP contribution in [0.25, 0.3) is 0 Å². The fourth-order valence-corrected chi connectivity index (χ4v) is 5.51. The molecular formula is C34H45N9O. The fourth-order valence-electron chi connectivity index (χ4n) is 5.51. The zero-order valence-electron chi connectivity index (χ0n) is 26.4. The molecule has 2 aliphatic heterocycles. The first-order valence-electron chi connectivity index (χ1n) is 15.4. The van der Waals surface area contributed by atoms with Crippen LogP contribution in [0.1, 0.15) is 55.4 Å². The molecule has 2 aromatic heterocycles. The van der Waals surface area contributed by atoms with Crippen LogP contribution in [0.5, 0.6) is 0 Å². The van der Waals surface area contributed by atoms with Gasteiger partial charge in [0.2, 0.25) is 0 Å². The summed E-state index contributed by atoms with van der Waals surface area (Å²) in [6, 6.07) is 15.7. The highest BCUT2D eigenvalue weighted by molar-refractivity contribution is 6.02. The summed E-state index contributed by atoms with van der Waals surface area (Å²) in [5.74, 6) is 0.878. The average Bonchev–Trinajstić information content (AvgIpc) is 3.02. The highest BCUT2D eigenvalue weighted by Gasteiger charge is 2.24. The van der Waals surface area contributed by atoms with Crippen LogP contribution >= 0.6 is 0 Å². The summed E-state index contributed by atoms with van der Waals surface area (Å²) < 4.78 is 0. The zero-order valence-corrected chi connectivity index (χ0v) is 26.4. The van der Waals surface area contributed by atoms with E-state index in [4.69, 9.17) is 5.73 Å². The number of benzene rings is 1. The zero-order chi connectivity index (χ0) is 31.3. The first-order chi connectivity index (χ1) is 21.1. The van der Waals surface area contributed by atoms with Crippen LogP contribution in [0.3, 0.4) is 0 Å². The molecule has 232 valence electrons. The molecule has 4 N–H and O–H groups in total. The van der Waals surface area contributed by atoms with Crippen molar-refractivity contribution in [1.82, 2.24) is 25.1 Å². The molecule has 1 aromatic carbocycles. The van der Waals surface area contributed by atoms with Gasteiger partial charge in [-0.1, -0.05) is 33.4 Å². The minimum atomic E-state index is -0.161. The van der Waals surface area contributed by atoms with Crippen molar-refractivity contribution in [1.29, 1.82) is 0 Å². The van der Waals surface area contributed by atoms with Crippen LogP contribution in [0.4, 0.5) is 17.1 Å². The molecule has 10 nitrogen and oxygen atoms in total. The second-order valence-corrected chi connectivity index (χ2v) is 12.7. The van der Waals surface area contributed by atoms with Gasteiger partial charge in [-0.15, -0.1) is 0 Å². The number of anilines is 2. The van der Waals surface area contributed by atoms with Crippen LogP contribution in [0.2, 0.25) is 0 Å². The van der Waals surface area contributed by atoms with Gasteiger partial charge in [0.1, 0.15) is 11.4 Å². The number of hydrogen-bond donors (Lipinski definition) is 3. The highest BCUT2D eigenvalue weighted by Crippen LogP contribution is 2.24. The average molecular weight is 596 g/mol. The summed E-state index contributed by atoms with van der Waals surface area (Å²) in [7, 11) is 2.16. The Morgan fingerprint density at radius 2 is 1.77 bits per heavy atom. The largest absolute Gasteiger partial charge is 0.382 e. The number of hydrogen-bond acceptors (Lipinski definition) is 8. The quantitative estimate of drug-likeness (QED) is 0.260. The third-order valence-electron chi connectivity index (χ3n) is 8.30. The van der Waals surface area contributed by atoms with Gasteiger partial charge in [0.05, 0.1) is 17.2 Å². The Labute approximate surface area is 261 Å². The number of nitrogens with one attached hydrogen (secondary N) is 2. The highest BCUT2D eigenvalue weighted by atomic mass is 16.1. The van der Waals surface area contributed by atoms with Gasteiger partial charge in [-0.3, -0.25) is 14.8 Å². The van der Waals surface area contributed by atoms with E-state index in [0.29, 0.717) is 23.8 Å². The number of likely N-dealkylation sites (tertiary alicyclic amines) is 1. The van der Waals surface area contributed by atoms with E-state index in [1.807, 2.05) is 30.3 Å². The van der Waals surface area contributed by atoms with Crippen LogP contribution < -0.4 is 21.3 Å². The summed E-state index contributed by atoms with van der Waals surface area (Å²) in [6.45, 7) is 16.3. The van der Waals surface area contributed by atoms with E-state index in [0.717, 1.165) is 68.3 Å². The number of carbonyl (C=O) groups excluding carboxylic acids is 1. The van der Waals surface area contributed by atoms with Gasteiger partial charge in [-0.05, 0) is 73.3 Å². The number of amides is 1. The number of amidine groups is 1. The van der Waals surface area contributed by atoms with Crippen molar-refractivity contribution in [3.05, 3.63) is 90.3 Å². The van der Waals surface area contributed by atoms with Gasteiger partial charge in [0.25, 0.3) is 5.91 Å². The molecule has 0 saturated carbocycles. The Morgan fingerprint density at radius 1 is 1.02 bits per heavy atom. The first-order valence-corrected chi connectivity index (χ1v) is 15.4. The predicted octanol–water partition coefficient (Wildman–Crippen LogP) is 4.34. The van der Waals surface area contributed by atoms with Gasteiger partial charge in [-0.25, -0.2) is 4.99 Å². The fraction of sp³-hybridized carbons (Fsp3) is 0.412. The number of piperidine rings is 1. The van der Waals surface area contributed by atoms with Crippen molar-refractivity contribution >= 4 is 28.8 Å². The minimum Gasteiger partial charge on any atom is -0.382 e. The lowest BCUT2D eigenvalue weighted by Crippen LogP contribution is -2.48. The lowest BCUT2D eigenvalue weighted by Gasteiger charge is -2.36. The van der Waals surface area contributed by atoms with E-state index < -0.39 is 0 Å². The number of piperazine rings is 1. The van der Waals surface area contributed by atoms with Gasteiger partial charge in [-0.2, -0.15) is 0 Å². The van der Waals surface area contributed by atoms with E-state index in [-0.39, 0.29) is 17.4 Å². The maximum atomic E-state index is 13.0. The molecule has 2 saturated heterocycles.